The zero-order valence-corrected chi connectivity index (χ0v) is 9.12. The van der Waals surface area contributed by atoms with Crippen molar-refractivity contribution in [2.24, 2.45) is 12.8 Å². The highest BCUT2D eigenvalue weighted by atomic mass is 32.1. The minimum Gasteiger partial charge on any atom is -0.326 e. The van der Waals surface area contributed by atoms with Crippen LogP contribution in [-0.2, 0) is 13.6 Å². The zero-order chi connectivity index (χ0) is 10.8. The molecule has 0 aliphatic rings. The van der Waals surface area contributed by atoms with Gasteiger partial charge >= 0.3 is 0 Å². The Balaban J connectivity index is 2.60. The van der Waals surface area contributed by atoms with Gasteiger partial charge in [0.1, 0.15) is 5.69 Å². The molecule has 0 spiro atoms. The van der Waals surface area contributed by atoms with Crippen LogP contribution in [0.4, 0.5) is 0 Å². The van der Waals surface area contributed by atoms with Crippen molar-refractivity contribution in [1.82, 2.24) is 9.78 Å². The van der Waals surface area contributed by atoms with E-state index in [1.54, 1.807) is 24.5 Å². The quantitative estimate of drug-likeness (QED) is 0.822. The fourth-order valence-electron chi connectivity index (χ4n) is 1.36. The van der Waals surface area contributed by atoms with Gasteiger partial charge in [-0.2, -0.15) is 5.10 Å². The maximum absolute atomic E-state index is 11.5. The average molecular weight is 221 g/mol. The molecule has 2 aromatic rings. The van der Waals surface area contributed by atoms with Crippen LogP contribution in [0.2, 0.25) is 0 Å². The van der Waals surface area contributed by atoms with E-state index in [9.17, 15) is 4.79 Å². The lowest BCUT2D eigenvalue weighted by molar-refractivity contribution is 0.698. The first-order valence-electron chi connectivity index (χ1n) is 4.53. The SMILES string of the molecule is Cn1nc(-c2cccs2)cc(CN)c1=O. The number of aryl methyl sites for hydroxylation is 1. The molecular formula is C10H11N3OS. The summed E-state index contributed by atoms with van der Waals surface area (Å²) in [6.45, 7) is 0.244. The van der Waals surface area contributed by atoms with E-state index in [4.69, 9.17) is 5.73 Å². The summed E-state index contributed by atoms with van der Waals surface area (Å²) in [6, 6.07) is 5.68. The first kappa shape index (κ1) is 10.1. The predicted octanol–water partition coefficient (Wildman–Crippen LogP) is 0.968. The summed E-state index contributed by atoms with van der Waals surface area (Å²) in [5.41, 5.74) is 6.77. The van der Waals surface area contributed by atoms with E-state index in [0.29, 0.717) is 5.56 Å². The molecule has 2 rings (SSSR count). The molecule has 2 aromatic heterocycles. The largest absolute Gasteiger partial charge is 0.326 e. The average Bonchev–Trinajstić information content (AvgIpc) is 2.75. The number of nitrogens with zero attached hydrogens (tertiary/aromatic N) is 2. The third-order valence-electron chi connectivity index (χ3n) is 2.13. The topological polar surface area (TPSA) is 60.9 Å². The molecule has 0 radical (unpaired) electrons. The summed E-state index contributed by atoms with van der Waals surface area (Å²) in [4.78, 5) is 12.6. The van der Waals surface area contributed by atoms with Gasteiger partial charge in [-0.15, -0.1) is 11.3 Å². The summed E-state index contributed by atoms with van der Waals surface area (Å²) >= 11 is 1.59. The van der Waals surface area contributed by atoms with Gasteiger partial charge in [0.15, 0.2) is 0 Å². The zero-order valence-electron chi connectivity index (χ0n) is 8.30. The number of hydrogen-bond donors (Lipinski definition) is 1. The van der Waals surface area contributed by atoms with Gasteiger partial charge in [-0.05, 0) is 17.5 Å². The van der Waals surface area contributed by atoms with Crippen LogP contribution in [0.5, 0.6) is 0 Å². The molecule has 0 aliphatic carbocycles. The van der Waals surface area contributed by atoms with Crippen molar-refractivity contribution in [1.29, 1.82) is 0 Å². The van der Waals surface area contributed by atoms with Gasteiger partial charge in [-0.3, -0.25) is 4.79 Å². The van der Waals surface area contributed by atoms with Crippen molar-refractivity contribution >= 4 is 11.3 Å². The summed E-state index contributed by atoms with van der Waals surface area (Å²) in [5, 5.41) is 6.16. The smallest absolute Gasteiger partial charge is 0.271 e. The summed E-state index contributed by atoms with van der Waals surface area (Å²) in [7, 11) is 1.64. The van der Waals surface area contributed by atoms with Crippen LogP contribution < -0.4 is 11.3 Å². The van der Waals surface area contributed by atoms with Gasteiger partial charge < -0.3 is 5.73 Å². The number of hydrogen-bond acceptors (Lipinski definition) is 4. The fraction of sp³-hybridized carbons (Fsp3) is 0.200. The molecule has 4 nitrogen and oxygen atoms in total. The number of rotatable bonds is 2. The van der Waals surface area contributed by atoms with Gasteiger partial charge in [0.05, 0.1) is 4.88 Å². The van der Waals surface area contributed by atoms with Gasteiger partial charge in [0.25, 0.3) is 5.56 Å². The van der Waals surface area contributed by atoms with E-state index in [1.165, 1.54) is 4.68 Å². The standard InChI is InChI=1S/C10H11N3OS/c1-13-10(14)7(6-11)5-8(12-13)9-3-2-4-15-9/h2-5H,6,11H2,1H3. The number of thiophene rings is 1. The van der Waals surface area contributed by atoms with Crippen LogP contribution in [0.1, 0.15) is 5.56 Å². The maximum atomic E-state index is 11.5. The maximum Gasteiger partial charge on any atom is 0.271 e. The molecule has 0 aromatic carbocycles. The fourth-order valence-corrected chi connectivity index (χ4v) is 2.04. The second kappa shape index (κ2) is 3.96. The van der Waals surface area contributed by atoms with Crippen LogP contribution in [0.3, 0.4) is 0 Å². The third kappa shape index (κ3) is 1.84. The van der Waals surface area contributed by atoms with Crippen molar-refractivity contribution in [2.45, 2.75) is 6.54 Å². The van der Waals surface area contributed by atoms with E-state index in [1.807, 2.05) is 17.5 Å². The molecule has 0 aliphatic heterocycles. The highest BCUT2D eigenvalue weighted by Gasteiger charge is 2.06. The molecule has 2 heterocycles. The van der Waals surface area contributed by atoms with Gasteiger partial charge in [-0.1, -0.05) is 6.07 Å². The van der Waals surface area contributed by atoms with Crippen LogP contribution in [0, 0.1) is 0 Å². The Bertz CT molecular complexity index is 516. The molecule has 0 fully saturated rings. The van der Waals surface area contributed by atoms with Crippen molar-refractivity contribution in [3.63, 3.8) is 0 Å². The van der Waals surface area contributed by atoms with Crippen molar-refractivity contribution in [2.75, 3.05) is 0 Å². The molecular weight excluding hydrogens is 210 g/mol. The predicted molar refractivity (Wildman–Crippen MR) is 60.7 cm³/mol. The number of aromatic nitrogens is 2. The Morgan fingerprint density at radius 2 is 2.40 bits per heavy atom. The van der Waals surface area contributed by atoms with Gasteiger partial charge in [-0.25, -0.2) is 4.68 Å². The van der Waals surface area contributed by atoms with Gasteiger partial charge in [0.2, 0.25) is 0 Å². The van der Waals surface area contributed by atoms with E-state index >= 15 is 0 Å². The first-order chi connectivity index (χ1) is 7.22. The lowest BCUT2D eigenvalue weighted by Crippen LogP contribution is -2.25. The lowest BCUT2D eigenvalue weighted by Gasteiger charge is -2.03. The van der Waals surface area contributed by atoms with Crippen LogP contribution >= 0.6 is 11.3 Å². The molecule has 0 saturated carbocycles. The van der Waals surface area contributed by atoms with E-state index in [-0.39, 0.29) is 12.1 Å². The molecule has 78 valence electrons. The molecule has 0 amide bonds. The minimum atomic E-state index is -0.127. The van der Waals surface area contributed by atoms with E-state index < -0.39 is 0 Å². The second-order valence-electron chi connectivity index (χ2n) is 3.17. The molecule has 0 saturated heterocycles. The highest BCUT2D eigenvalue weighted by Crippen LogP contribution is 2.21. The Morgan fingerprint density at radius 1 is 1.60 bits per heavy atom. The van der Waals surface area contributed by atoms with Crippen LogP contribution in [0.15, 0.2) is 28.4 Å². The van der Waals surface area contributed by atoms with E-state index in [2.05, 4.69) is 5.10 Å². The minimum absolute atomic E-state index is 0.127. The summed E-state index contributed by atoms with van der Waals surface area (Å²) < 4.78 is 1.33. The van der Waals surface area contributed by atoms with Crippen molar-refractivity contribution in [3.05, 3.63) is 39.5 Å². The monoisotopic (exact) mass is 221 g/mol. The Kier molecular flexibility index (Phi) is 2.66. The highest BCUT2D eigenvalue weighted by molar-refractivity contribution is 7.13. The van der Waals surface area contributed by atoms with Crippen molar-refractivity contribution in [3.8, 4) is 10.6 Å². The molecule has 0 bridgehead atoms. The molecule has 0 unspecified atom stereocenters. The van der Waals surface area contributed by atoms with Crippen molar-refractivity contribution < 1.29 is 0 Å². The van der Waals surface area contributed by atoms with Gasteiger partial charge in [0, 0.05) is 19.2 Å². The molecule has 0 atom stereocenters. The summed E-state index contributed by atoms with van der Waals surface area (Å²) in [6.07, 6.45) is 0. The molecule has 5 heteroatoms. The normalized spacial score (nSPS) is 10.5. The summed E-state index contributed by atoms with van der Waals surface area (Å²) in [5.74, 6) is 0. The lowest BCUT2D eigenvalue weighted by atomic mass is 10.2. The third-order valence-corrected chi connectivity index (χ3v) is 3.02. The molecule has 2 N–H and O–H groups in total. The van der Waals surface area contributed by atoms with Crippen LogP contribution in [-0.4, -0.2) is 9.78 Å². The van der Waals surface area contributed by atoms with Crippen LogP contribution in [0.25, 0.3) is 10.6 Å². The number of nitrogens with two attached hydrogens (primary N) is 1. The second-order valence-corrected chi connectivity index (χ2v) is 4.11. The Hall–Kier alpha value is -1.46. The first-order valence-corrected chi connectivity index (χ1v) is 5.41. The Morgan fingerprint density at radius 3 is 3.00 bits per heavy atom. The molecule has 15 heavy (non-hydrogen) atoms. The van der Waals surface area contributed by atoms with E-state index in [0.717, 1.165) is 10.6 Å². The Labute approximate surface area is 91.0 Å².